The highest BCUT2D eigenvalue weighted by Gasteiger charge is 2.09. The van der Waals surface area contributed by atoms with E-state index in [0.29, 0.717) is 0 Å². The van der Waals surface area contributed by atoms with Gasteiger partial charge in [0.2, 0.25) is 0 Å². The number of ether oxygens (including phenoxy) is 1. The van der Waals surface area contributed by atoms with Crippen LogP contribution in [0.4, 0.5) is 0 Å². The molecule has 2 rings (SSSR count). The van der Waals surface area contributed by atoms with Crippen LogP contribution in [-0.2, 0) is 0 Å². The summed E-state index contributed by atoms with van der Waals surface area (Å²) in [6.07, 6.45) is 0. The third-order valence-electron chi connectivity index (χ3n) is 1.82. The van der Waals surface area contributed by atoms with Gasteiger partial charge in [-0.3, -0.25) is 0 Å². The van der Waals surface area contributed by atoms with Gasteiger partial charge in [0, 0.05) is 14.6 Å². The Labute approximate surface area is 102 Å². The largest absolute Gasteiger partial charge is 0.496 e. The van der Waals surface area contributed by atoms with E-state index in [-0.39, 0.29) is 0 Å². The second-order valence-electron chi connectivity index (χ2n) is 2.54. The Morgan fingerprint density at radius 1 is 1.54 bits per heavy atom. The fourth-order valence-corrected chi connectivity index (χ4v) is 3.33. The summed E-state index contributed by atoms with van der Waals surface area (Å²) in [6, 6.07) is 4.19. The SMILES string of the molecule is COc1cc2sccc2c(Br)c1I. The van der Waals surface area contributed by atoms with Crippen molar-refractivity contribution >= 4 is 59.9 Å². The smallest absolute Gasteiger partial charge is 0.134 e. The first-order valence-electron chi connectivity index (χ1n) is 3.63. The van der Waals surface area contributed by atoms with Crippen LogP contribution in [0, 0.1) is 3.57 Å². The summed E-state index contributed by atoms with van der Waals surface area (Å²) in [6.45, 7) is 0. The van der Waals surface area contributed by atoms with Crippen molar-refractivity contribution in [3.63, 3.8) is 0 Å². The van der Waals surface area contributed by atoms with E-state index in [1.807, 2.05) is 0 Å². The molecule has 0 spiro atoms. The van der Waals surface area contributed by atoms with Crippen LogP contribution in [0.3, 0.4) is 0 Å². The zero-order chi connectivity index (χ0) is 9.42. The van der Waals surface area contributed by atoms with Crippen molar-refractivity contribution in [3.8, 4) is 5.75 Å². The third kappa shape index (κ3) is 1.59. The van der Waals surface area contributed by atoms with Gasteiger partial charge < -0.3 is 4.74 Å². The van der Waals surface area contributed by atoms with E-state index in [4.69, 9.17) is 4.74 Å². The van der Waals surface area contributed by atoms with E-state index < -0.39 is 0 Å². The average Bonchev–Trinajstić information content (AvgIpc) is 2.59. The number of methoxy groups -OCH3 is 1. The minimum atomic E-state index is 0.933. The highest BCUT2D eigenvalue weighted by molar-refractivity contribution is 14.1. The van der Waals surface area contributed by atoms with Gasteiger partial charge in [0.05, 0.1) is 10.7 Å². The lowest BCUT2D eigenvalue weighted by atomic mass is 10.2. The highest BCUT2D eigenvalue weighted by atomic mass is 127. The van der Waals surface area contributed by atoms with Gasteiger partial charge in [-0.25, -0.2) is 0 Å². The number of hydrogen-bond donors (Lipinski definition) is 0. The predicted molar refractivity (Wildman–Crippen MR) is 68.8 cm³/mol. The Morgan fingerprint density at radius 3 is 3.00 bits per heavy atom. The van der Waals surface area contributed by atoms with Crippen LogP contribution in [0.1, 0.15) is 0 Å². The molecular weight excluding hydrogens is 363 g/mol. The average molecular weight is 369 g/mol. The molecule has 0 aliphatic heterocycles. The van der Waals surface area contributed by atoms with Crippen LogP contribution in [0.15, 0.2) is 22.0 Å². The van der Waals surface area contributed by atoms with E-state index >= 15 is 0 Å². The van der Waals surface area contributed by atoms with Crippen molar-refractivity contribution in [2.75, 3.05) is 7.11 Å². The van der Waals surface area contributed by atoms with Crippen LogP contribution >= 0.6 is 49.9 Å². The molecule has 0 saturated heterocycles. The van der Waals surface area contributed by atoms with Crippen LogP contribution in [0.25, 0.3) is 10.1 Å². The third-order valence-corrected chi connectivity index (χ3v) is 5.32. The maximum atomic E-state index is 5.27. The maximum Gasteiger partial charge on any atom is 0.134 e. The van der Waals surface area contributed by atoms with Crippen molar-refractivity contribution in [1.29, 1.82) is 0 Å². The molecule has 4 heteroatoms. The lowest BCUT2D eigenvalue weighted by Crippen LogP contribution is -1.87. The van der Waals surface area contributed by atoms with Gasteiger partial charge in [-0.15, -0.1) is 11.3 Å². The summed E-state index contributed by atoms with van der Waals surface area (Å²) < 4.78 is 8.79. The van der Waals surface area contributed by atoms with Crippen LogP contribution in [0.5, 0.6) is 5.75 Å². The lowest BCUT2D eigenvalue weighted by molar-refractivity contribution is 0.412. The van der Waals surface area contributed by atoms with E-state index in [2.05, 4.69) is 56.0 Å². The molecular formula is C9H6BrIOS. The second kappa shape index (κ2) is 3.74. The Bertz CT molecular complexity index is 452. The molecule has 1 nitrogen and oxygen atoms in total. The first-order valence-corrected chi connectivity index (χ1v) is 6.38. The normalized spacial score (nSPS) is 10.7. The molecule has 0 unspecified atom stereocenters. The maximum absolute atomic E-state index is 5.27. The Morgan fingerprint density at radius 2 is 2.31 bits per heavy atom. The van der Waals surface area contributed by atoms with Crippen molar-refractivity contribution in [2.45, 2.75) is 0 Å². The molecule has 1 aromatic carbocycles. The number of fused-ring (bicyclic) bond motifs is 1. The second-order valence-corrected chi connectivity index (χ2v) is 5.36. The van der Waals surface area contributed by atoms with E-state index in [1.165, 1.54) is 10.1 Å². The highest BCUT2D eigenvalue weighted by Crippen LogP contribution is 2.37. The topological polar surface area (TPSA) is 9.23 Å². The number of benzene rings is 1. The summed E-state index contributed by atoms with van der Waals surface area (Å²) in [5.41, 5.74) is 0. The van der Waals surface area contributed by atoms with Gasteiger partial charge in [-0.1, -0.05) is 0 Å². The molecule has 2 aromatic rings. The van der Waals surface area contributed by atoms with Crippen molar-refractivity contribution in [3.05, 3.63) is 25.6 Å². The monoisotopic (exact) mass is 368 g/mol. The standard InChI is InChI=1S/C9H6BrIOS/c1-12-6-4-7-5(2-3-13-7)8(10)9(6)11/h2-4H,1H3. The van der Waals surface area contributed by atoms with E-state index in [1.54, 1.807) is 18.4 Å². The molecule has 0 saturated carbocycles. The summed E-state index contributed by atoms with van der Waals surface area (Å²) in [4.78, 5) is 0. The lowest BCUT2D eigenvalue weighted by Gasteiger charge is -2.05. The number of halogens is 2. The minimum Gasteiger partial charge on any atom is -0.496 e. The molecule has 1 heterocycles. The van der Waals surface area contributed by atoms with E-state index in [0.717, 1.165) is 13.8 Å². The molecule has 0 aliphatic carbocycles. The first kappa shape index (κ1) is 9.73. The van der Waals surface area contributed by atoms with Crippen molar-refractivity contribution in [2.24, 2.45) is 0 Å². The van der Waals surface area contributed by atoms with Gasteiger partial charge in [-0.05, 0) is 56.0 Å². The zero-order valence-electron chi connectivity index (χ0n) is 6.80. The van der Waals surface area contributed by atoms with Gasteiger partial charge in [0.15, 0.2) is 0 Å². The van der Waals surface area contributed by atoms with Gasteiger partial charge in [0.1, 0.15) is 5.75 Å². The first-order chi connectivity index (χ1) is 6.24. The Balaban J connectivity index is 2.83. The fraction of sp³-hybridized carbons (Fsp3) is 0.111. The van der Waals surface area contributed by atoms with Gasteiger partial charge in [-0.2, -0.15) is 0 Å². The molecule has 13 heavy (non-hydrogen) atoms. The number of thiophene rings is 1. The summed E-state index contributed by atoms with van der Waals surface area (Å²) in [5.74, 6) is 0.933. The Kier molecular flexibility index (Phi) is 2.80. The minimum absolute atomic E-state index is 0.933. The quantitative estimate of drug-likeness (QED) is 0.683. The zero-order valence-corrected chi connectivity index (χ0v) is 11.4. The summed E-state index contributed by atoms with van der Waals surface area (Å²) in [5, 5.41) is 3.35. The van der Waals surface area contributed by atoms with Crippen LogP contribution in [-0.4, -0.2) is 7.11 Å². The molecule has 0 bridgehead atoms. The predicted octanol–water partition coefficient (Wildman–Crippen LogP) is 4.28. The van der Waals surface area contributed by atoms with E-state index in [9.17, 15) is 0 Å². The molecule has 0 radical (unpaired) electrons. The van der Waals surface area contributed by atoms with Crippen molar-refractivity contribution < 1.29 is 4.74 Å². The van der Waals surface area contributed by atoms with Gasteiger partial charge >= 0.3 is 0 Å². The molecule has 1 aromatic heterocycles. The summed E-state index contributed by atoms with van der Waals surface area (Å²) in [7, 11) is 1.70. The number of hydrogen-bond acceptors (Lipinski definition) is 2. The molecule has 0 amide bonds. The molecule has 68 valence electrons. The Hall–Kier alpha value is 0.190. The molecule has 0 aliphatic rings. The van der Waals surface area contributed by atoms with Crippen molar-refractivity contribution in [1.82, 2.24) is 0 Å². The molecule has 0 N–H and O–H groups in total. The number of rotatable bonds is 1. The summed E-state index contributed by atoms with van der Waals surface area (Å²) >= 11 is 7.58. The molecule has 0 atom stereocenters. The van der Waals surface area contributed by atoms with Crippen LogP contribution in [0.2, 0.25) is 0 Å². The van der Waals surface area contributed by atoms with Crippen LogP contribution < -0.4 is 4.74 Å². The fourth-order valence-electron chi connectivity index (χ4n) is 1.17. The van der Waals surface area contributed by atoms with Gasteiger partial charge in [0.25, 0.3) is 0 Å². The molecule has 0 fully saturated rings.